The van der Waals surface area contributed by atoms with Crippen molar-refractivity contribution in [2.24, 2.45) is 0 Å². The van der Waals surface area contributed by atoms with E-state index in [1.807, 2.05) is 0 Å². The predicted octanol–water partition coefficient (Wildman–Crippen LogP) is 3.16. The number of halogens is 1. The van der Waals surface area contributed by atoms with E-state index in [-0.39, 0.29) is 34.3 Å². The Bertz CT molecular complexity index is 1210. The van der Waals surface area contributed by atoms with Crippen LogP contribution in [0.3, 0.4) is 0 Å². The van der Waals surface area contributed by atoms with Gasteiger partial charge in [-0.25, -0.2) is 4.79 Å². The Balaban J connectivity index is 1.93. The number of hydrogen-bond acceptors (Lipinski definition) is 6. The summed E-state index contributed by atoms with van der Waals surface area (Å²) in [6.45, 7) is 1.56. The third-order valence-corrected chi connectivity index (χ3v) is 5.27. The molecular formula is C22H18ClNO6. The molecule has 1 aliphatic heterocycles. The maximum Gasteiger partial charge on any atom is 0.337 e. The lowest BCUT2D eigenvalue weighted by atomic mass is 9.97. The molecule has 3 aromatic rings. The van der Waals surface area contributed by atoms with Gasteiger partial charge in [-0.2, -0.15) is 0 Å². The largest absolute Gasteiger partial charge is 0.465 e. The highest BCUT2D eigenvalue weighted by Gasteiger charge is 2.43. The molecule has 1 aliphatic rings. The molecule has 2 unspecified atom stereocenters. The maximum absolute atomic E-state index is 13.3. The quantitative estimate of drug-likeness (QED) is 0.642. The number of carbonyl (C=O) groups is 2. The van der Waals surface area contributed by atoms with E-state index in [1.54, 1.807) is 43.3 Å². The molecule has 2 aromatic carbocycles. The molecule has 154 valence electrons. The topological polar surface area (TPSA) is 97.0 Å². The van der Waals surface area contributed by atoms with Crippen LogP contribution >= 0.6 is 11.6 Å². The minimum Gasteiger partial charge on any atom is -0.465 e. The summed E-state index contributed by atoms with van der Waals surface area (Å²) >= 11 is 6.05. The normalized spacial score (nSPS) is 16.6. The molecule has 4 rings (SSSR count). The van der Waals surface area contributed by atoms with Crippen molar-refractivity contribution in [3.63, 3.8) is 0 Å². The second-order valence-electron chi connectivity index (χ2n) is 7.14. The van der Waals surface area contributed by atoms with Crippen LogP contribution in [0, 0.1) is 0 Å². The monoisotopic (exact) mass is 427 g/mol. The first kappa shape index (κ1) is 20.1. The van der Waals surface area contributed by atoms with Gasteiger partial charge in [-0.3, -0.25) is 9.59 Å². The summed E-state index contributed by atoms with van der Waals surface area (Å²) in [5.41, 5.74) is 1.02. The second-order valence-corrected chi connectivity index (χ2v) is 7.57. The summed E-state index contributed by atoms with van der Waals surface area (Å²) in [7, 11) is 1.29. The van der Waals surface area contributed by atoms with Gasteiger partial charge in [0.2, 0.25) is 5.76 Å². The average Bonchev–Trinajstić information content (AvgIpc) is 3.00. The van der Waals surface area contributed by atoms with Crippen molar-refractivity contribution < 1.29 is 23.8 Å². The Morgan fingerprint density at radius 3 is 2.57 bits per heavy atom. The Hall–Kier alpha value is -3.16. The fourth-order valence-electron chi connectivity index (χ4n) is 3.73. The van der Waals surface area contributed by atoms with Gasteiger partial charge >= 0.3 is 5.97 Å². The molecule has 0 bridgehead atoms. The molecule has 0 spiro atoms. The summed E-state index contributed by atoms with van der Waals surface area (Å²) < 4.78 is 10.5. The van der Waals surface area contributed by atoms with Crippen molar-refractivity contribution in [1.82, 2.24) is 4.90 Å². The standard InChI is InChI=1S/C22H18ClNO6/c1-11(25)10-24-18(12-3-5-13(6-4-12)22(28)29-2)17-19(26)15-9-14(23)7-8-16(15)30-20(17)21(24)27/h3-9,11,18,25H,10H2,1-2H3. The SMILES string of the molecule is COC(=O)c1ccc(C2c3c(oc4ccc(Cl)cc4c3=O)C(=O)N2CC(C)O)cc1. The highest BCUT2D eigenvalue weighted by Crippen LogP contribution is 2.38. The van der Waals surface area contributed by atoms with Gasteiger partial charge in [-0.1, -0.05) is 23.7 Å². The number of aliphatic hydroxyl groups is 1. The molecule has 7 nitrogen and oxygen atoms in total. The number of benzene rings is 2. The van der Waals surface area contributed by atoms with Crippen molar-refractivity contribution in [1.29, 1.82) is 0 Å². The number of nitrogens with zero attached hydrogens (tertiary/aromatic N) is 1. The number of rotatable bonds is 4. The van der Waals surface area contributed by atoms with Crippen molar-refractivity contribution in [3.8, 4) is 0 Å². The van der Waals surface area contributed by atoms with E-state index in [9.17, 15) is 19.5 Å². The first-order valence-electron chi connectivity index (χ1n) is 9.25. The fourth-order valence-corrected chi connectivity index (χ4v) is 3.90. The van der Waals surface area contributed by atoms with Crippen molar-refractivity contribution in [3.05, 3.63) is 80.2 Å². The van der Waals surface area contributed by atoms with Crippen LogP contribution in [0.5, 0.6) is 0 Å². The summed E-state index contributed by atoms with van der Waals surface area (Å²) in [6.07, 6.45) is -0.820. The van der Waals surface area contributed by atoms with Crippen LogP contribution in [0.15, 0.2) is 51.7 Å². The zero-order chi connectivity index (χ0) is 21.6. The van der Waals surface area contributed by atoms with Gasteiger partial charge in [0.25, 0.3) is 5.91 Å². The van der Waals surface area contributed by atoms with Crippen LogP contribution in [0.25, 0.3) is 11.0 Å². The zero-order valence-corrected chi connectivity index (χ0v) is 17.0. The molecule has 0 saturated carbocycles. The number of methoxy groups -OCH3 is 1. The number of β-amino-alcohol motifs (C(OH)–C–C–N with tert-alkyl or cyclic N) is 1. The number of carbonyl (C=O) groups excluding carboxylic acids is 2. The first-order chi connectivity index (χ1) is 14.3. The van der Waals surface area contributed by atoms with Gasteiger partial charge in [-0.15, -0.1) is 0 Å². The lowest BCUT2D eigenvalue weighted by molar-refractivity contribution is 0.0596. The summed E-state index contributed by atoms with van der Waals surface area (Å²) in [5, 5.41) is 10.6. The summed E-state index contributed by atoms with van der Waals surface area (Å²) in [5.74, 6) is -1.04. The first-order valence-corrected chi connectivity index (χ1v) is 9.63. The number of aliphatic hydroxyl groups excluding tert-OH is 1. The molecule has 8 heteroatoms. The Morgan fingerprint density at radius 1 is 1.23 bits per heavy atom. The predicted molar refractivity (Wildman–Crippen MR) is 110 cm³/mol. The van der Waals surface area contributed by atoms with Crippen molar-refractivity contribution in [2.45, 2.75) is 19.1 Å². The number of ether oxygens (including phenoxy) is 1. The molecular weight excluding hydrogens is 410 g/mol. The van der Waals surface area contributed by atoms with E-state index >= 15 is 0 Å². The van der Waals surface area contributed by atoms with E-state index in [0.29, 0.717) is 16.1 Å². The van der Waals surface area contributed by atoms with Crippen LogP contribution in [0.4, 0.5) is 0 Å². The molecule has 1 aromatic heterocycles. The summed E-state index contributed by atoms with van der Waals surface area (Å²) in [4.78, 5) is 39.5. The lowest BCUT2D eigenvalue weighted by Crippen LogP contribution is -2.35. The van der Waals surface area contributed by atoms with Gasteiger partial charge in [0.05, 0.1) is 35.8 Å². The highest BCUT2D eigenvalue weighted by molar-refractivity contribution is 6.31. The molecule has 0 fully saturated rings. The molecule has 1 amide bonds. The number of amides is 1. The van der Waals surface area contributed by atoms with Crippen LogP contribution < -0.4 is 5.43 Å². The van der Waals surface area contributed by atoms with Gasteiger partial charge < -0.3 is 19.2 Å². The Morgan fingerprint density at radius 2 is 1.93 bits per heavy atom. The smallest absolute Gasteiger partial charge is 0.337 e. The van der Waals surface area contributed by atoms with Crippen molar-refractivity contribution >= 4 is 34.4 Å². The maximum atomic E-state index is 13.3. The van der Waals surface area contributed by atoms with Crippen molar-refractivity contribution in [2.75, 3.05) is 13.7 Å². The molecule has 0 aliphatic carbocycles. The van der Waals surface area contributed by atoms with E-state index in [0.717, 1.165) is 0 Å². The van der Waals surface area contributed by atoms with Gasteiger partial charge in [0, 0.05) is 11.6 Å². The molecule has 0 saturated heterocycles. The molecule has 30 heavy (non-hydrogen) atoms. The molecule has 2 atom stereocenters. The molecule has 1 N–H and O–H groups in total. The van der Waals surface area contributed by atoms with Gasteiger partial charge in [-0.05, 0) is 42.8 Å². The van der Waals surface area contributed by atoms with Crippen LogP contribution in [0.2, 0.25) is 5.02 Å². The number of fused-ring (bicyclic) bond motifs is 2. The average molecular weight is 428 g/mol. The molecule has 2 heterocycles. The minimum atomic E-state index is -0.820. The van der Waals surface area contributed by atoms with E-state index in [1.165, 1.54) is 18.1 Å². The fraction of sp³-hybridized carbons (Fsp3) is 0.227. The van der Waals surface area contributed by atoms with Crippen LogP contribution in [-0.2, 0) is 4.74 Å². The zero-order valence-electron chi connectivity index (χ0n) is 16.2. The number of hydrogen-bond donors (Lipinski definition) is 1. The molecule has 0 radical (unpaired) electrons. The van der Waals surface area contributed by atoms with Crippen LogP contribution in [-0.4, -0.2) is 41.6 Å². The van der Waals surface area contributed by atoms with E-state index in [4.69, 9.17) is 20.8 Å². The van der Waals surface area contributed by atoms with E-state index < -0.39 is 24.0 Å². The number of esters is 1. The van der Waals surface area contributed by atoms with Gasteiger partial charge in [0.15, 0.2) is 5.43 Å². The van der Waals surface area contributed by atoms with Gasteiger partial charge in [0.1, 0.15) is 5.58 Å². The summed E-state index contributed by atoms with van der Waals surface area (Å²) in [6, 6.07) is 10.3. The highest BCUT2D eigenvalue weighted by atomic mass is 35.5. The van der Waals surface area contributed by atoms with Crippen LogP contribution in [0.1, 0.15) is 45.0 Å². The third kappa shape index (κ3) is 3.26. The van der Waals surface area contributed by atoms with E-state index in [2.05, 4.69) is 0 Å². The third-order valence-electron chi connectivity index (χ3n) is 5.04. The Labute approximate surface area is 176 Å². The second kappa shape index (κ2) is 7.59. The Kier molecular flexibility index (Phi) is 5.09. The lowest BCUT2D eigenvalue weighted by Gasteiger charge is -2.26. The minimum absolute atomic E-state index is 0.00297.